The van der Waals surface area contributed by atoms with Crippen molar-refractivity contribution < 1.29 is 4.79 Å². The molecule has 1 aliphatic heterocycles. The minimum Gasteiger partial charge on any atom is -0.324 e. The lowest BCUT2D eigenvalue weighted by atomic mass is 10.0. The molecule has 0 spiro atoms. The zero-order chi connectivity index (χ0) is 20.3. The maximum atomic E-state index is 13.5. The number of amides is 2. The highest BCUT2D eigenvalue weighted by Gasteiger charge is 2.29. The maximum absolute atomic E-state index is 13.5. The van der Waals surface area contributed by atoms with Crippen LogP contribution in [0.15, 0.2) is 85.3 Å². The summed E-state index contributed by atoms with van der Waals surface area (Å²) in [5, 5.41) is 0. The largest absolute Gasteiger partial charge is 0.329 e. The molecule has 5 rings (SSSR count). The molecule has 0 unspecified atom stereocenters. The summed E-state index contributed by atoms with van der Waals surface area (Å²) in [5.74, 6) is 0. The van der Waals surface area contributed by atoms with Crippen molar-refractivity contribution in [3.63, 3.8) is 0 Å². The van der Waals surface area contributed by atoms with Crippen LogP contribution in [0.25, 0.3) is 11.2 Å². The number of hydrogen-bond donors (Lipinski definition) is 0. The molecule has 1 saturated heterocycles. The van der Waals surface area contributed by atoms with E-state index in [9.17, 15) is 4.79 Å². The summed E-state index contributed by atoms with van der Waals surface area (Å²) in [7, 11) is 0. The molecule has 1 aliphatic rings. The van der Waals surface area contributed by atoms with Gasteiger partial charge in [0.15, 0.2) is 5.65 Å². The van der Waals surface area contributed by atoms with Gasteiger partial charge in [0.25, 0.3) is 0 Å². The number of hydrogen-bond acceptors (Lipinski definition) is 3. The van der Waals surface area contributed by atoms with Crippen molar-refractivity contribution in [1.82, 2.24) is 19.4 Å². The quantitative estimate of drug-likeness (QED) is 0.487. The Kier molecular flexibility index (Phi) is 4.89. The van der Waals surface area contributed by atoms with E-state index in [1.54, 1.807) is 11.1 Å². The molecule has 0 radical (unpaired) electrons. The van der Waals surface area contributed by atoms with Gasteiger partial charge >= 0.3 is 6.03 Å². The van der Waals surface area contributed by atoms with Gasteiger partial charge in [0.1, 0.15) is 5.52 Å². The second-order valence-electron chi connectivity index (χ2n) is 7.51. The summed E-state index contributed by atoms with van der Waals surface area (Å²) >= 11 is 0. The third-order valence-corrected chi connectivity index (χ3v) is 5.68. The van der Waals surface area contributed by atoms with Crippen molar-refractivity contribution in [3.05, 3.63) is 85.3 Å². The number of benzene rings is 2. The molecule has 30 heavy (non-hydrogen) atoms. The molecule has 0 N–H and O–H groups in total. The van der Waals surface area contributed by atoms with Crippen LogP contribution in [0.2, 0.25) is 0 Å². The number of urea groups is 1. The van der Waals surface area contributed by atoms with Crippen molar-refractivity contribution in [3.8, 4) is 0 Å². The van der Waals surface area contributed by atoms with Crippen molar-refractivity contribution in [2.45, 2.75) is 18.9 Å². The van der Waals surface area contributed by atoms with Crippen molar-refractivity contribution >= 4 is 28.6 Å². The summed E-state index contributed by atoms with van der Waals surface area (Å²) < 4.78 is 2.16. The summed E-state index contributed by atoms with van der Waals surface area (Å²) in [6.07, 6.45) is 5.44. The average Bonchev–Trinajstić information content (AvgIpc) is 3.25. The van der Waals surface area contributed by atoms with Crippen LogP contribution in [0.4, 0.5) is 16.2 Å². The van der Waals surface area contributed by atoms with Crippen LogP contribution in [0.1, 0.15) is 18.9 Å². The maximum Gasteiger partial charge on any atom is 0.329 e. The van der Waals surface area contributed by atoms with E-state index in [1.165, 1.54) is 0 Å². The number of carbonyl (C=O) groups excluding carboxylic acids is 1. The van der Waals surface area contributed by atoms with Gasteiger partial charge in [0.2, 0.25) is 0 Å². The molecule has 6 heteroatoms. The lowest BCUT2D eigenvalue weighted by Crippen LogP contribution is -2.45. The SMILES string of the molecule is O=C(N1CCC(n2cnc3cccnc32)CC1)N(c1ccccc1)c1ccccc1. The van der Waals surface area contributed by atoms with Gasteiger partial charge in [0.05, 0.1) is 17.7 Å². The molecule has 2 aromatic heterocycles. The number of likely N-dealkylation sites (tertiary alicyclic amines) is 1. The third kappa shape index (κ3) is 3.41. The molecule has 2 amide bonds. The summed E-state index contributed by atoms with van der Waals surface area (Å²) in [5.41, 5.74) is 3.58. The Balaban J connectivity index is 1.36. The highest BCUT2D eigenvalue weighted by atomic mass is 16.2. The Labute approximate surface area is 175 Å². The highest BCUT2D eigenvalue weighted by molar-refractivity contribution is 5.99. The van der Waals surface area contributed by atoms with E-state index in [0.29, 0.717) is 19.1 Å². The number of carbonyl (C=O) groups is 1. The fourth-order valence-electron chi connectivity index (χ4n) is 4.14. The Morgan fingerprint density at radius 2 is 1.47 bits per heavy atom. The summed E-state index contributed by atoms with van der Waals surface area (Å²) in [6, 6.07) is 23.9. The minimum absolute atomic E-state index is 0.0134. The Bertz CT molecular complexity index is 1090. The number of pyridine rings is 1. The van der Waals surface area contributed by atoms with Gasteiger partial charge < -0.3 is 9.47 Å². The number of fused-ring (bicyclic) bond motifs is 1. The van der Waals surface area contributed by atoms with Crippen LogP contribution >= 0.6 is 0 Å². The molecule has 0 aliphatic carbocycles. The molecule has 150 valence electrons. The molecule has 1 fully saturated rings. The fraction of sp³-hybridized carbons (Fsp3) is 0.208. The molecule has 2 aromatic carbocycles. The lowest BCUT2D eigenvalue weighted by molar-refractivity contribution is 0.180. The zero-order valence-electron chi connectivity index (χ0n) is 16.6. The van der Waals surface area contributed by atoms with Crippen LogP contribution in [0, 0.1) is 0 Å². The Morgan fingerprint density at radius 3 is 2.10 bits per heavy atom. The second kappa shape index (κ2) is 7.99. The number of para-hydroxylation sites is 2. The van der Waals surface area contributed by atoms with Gasteiger partial charge in [-0.1, -0.05) is 36.4 Å². The van der Waals surface area contributed by atoms with Gasteiger partial charge in [-0.2, -0.15) is 0 Å². The van der Waals surface area contributed by atoms with Crippen LogP contribution in [-0.4, -0.2) is 38.6 Å². The highest BCUT2D eigenvalue weighted by Crippen LogP contribution is 2.30. The summed E-state index contributed by atoms with van der Waals surface area (Å²) in [4.78, 5) is 26.2. The van der Waals surface area contributed by atoms with Crippen molar-refractivity contribution in [2.24, 2.45) is 0 Å². The van der Waals surface area contributed by atoms with Gasteiger partial charge in [-0.3, -0.25) is 4.90 Å². The first-order valence-corrected chi connectivity index (χ1v) is 10.3. The fourth-order valence-corrected chi connectivity index (χ4v) is 4.14. The number of aromatic nitrogens is 3. The van der Waals surface area contributed by atoms with Crippen molar-refractivity contribution in [1.29, 1.82) is 0 Å². The van der Waals surface area contributed by atoms with E-state index in [4.69, 9.17) is 0 Å². The number of rotatable bonds is 3. The van der Waals surface area contributed by atoms with Gasteiger partial charge in [-0.05, 0) is 49.2 Å². The van der Waals surface area contributed by atoms with E-state index in [2.05, 4.69) is 14.5 Å². The predicted octanol–water partition coefficient (Wildman–Crippen LogP) is 5.03. The number of piperidine rings is 1. The van der Waals surface area contributed by atoms with E-state index >= 15 is 0 Å². The van der Waals surface area contributed by atoms with E-state index in [1.807, 2.05) is 84.0 Å². The van der Waals surface area contributed by atoms with E-state index in [-0.39, 0.29) is 6.03 Å². The minimum atomic E-state index is 0.0134. The monoisotopic (exact) mass is 397 g/mol. The van der Waals surface area contributed by atoms with Crippen LogP contribution in [0.3, 0.4) is 0 Å². The molecule has 6 nitrogen and oxygen atoms in total. The van der Waals surface area contributed by atoms with Crippen LogP contribution in [-0.2, 0) is 0 Å². The first-order valence-electron chi connectivity index (χ1n) is 10.3. The molecule has 0 saturated carbocycles. The number of anilines is 2. The van der Waals surface area contributed by atoms with Crippen LogP contribution < -0.4 is 4.90 Å². The average molecular weight is 397 g/mol. The Morgan fingerprint density at radius 1 is 0.833 bits per heavy atom. The molecular weight excluding hydrogens is 374 g/mol. The van der Waals surface area contributed by atoms with Gasteiger partial charge in [0, 0.05) is 25.3 Å². The summed E-state index contributed by atoms with van der Waals surface area (Å²) in [6.45, 7) is 1.40. The van der Waals surface area contributed by atoms with Crippen molar-refractivity contribution in [2.75, 3.05) is 18.0 Å². The molecule has 0 bridgehead atoms. The first kappa shape index (κ1) is 18.4. The number of nitrogens with zero attached hydrogens (tertiary/aromatic N) is 5. The molecule has 4 aromatic rings. The van der Waals surface area contributed by atoms with Gasteiger partial charge in [-0.15, -0.1) is 0 Å². The molecule has 0 atom stereocenters. The standard InChI is InChI=1S/C24H23N5O/c30-24(29(20-8-3-1-4-9-20)21-10-5-2-6-11-21)27-16-13-19(14-17-27)28-18-26-22-12-7-15-25-23(22)28/h1-12,15,18-19H,13-14,16-17H2. The molecule has 3 heterocycles. The van der Waals surface area contributed by atoms with Gasteiger partial charge in [-0.25, -0.2) is 14.8 Å². The van der Waals surface area contributed by atoms with E-state index in [0.717, 1.165) is 35.4 Å². The van der Waals surface area contributed by atoms with Crippen LogP contribution in [0.5, 0.6) is 0 Å². The molecular formula is C24H23N5O. The lowest BCUT2D eigenvalue weighted by Gasteiger charge is -2.36. The normalized spacial score (nSPS) is 14.7. The second-order valence-corrected chi connectivity index (χ2v) is 7.51. The number of imidazole rings is 1. The predicted molar refractivity (Wildman–Crippen MR) is 118 cm³/mol. The third-order valence-electron chi connectivity index (χ3n) is 5.68. The first-order chi connectivity index (χ1) is 14.8. The zero-order valence-corrected chi connectivity index (χ0v) is 16.6. The smallest absolute Gasteiger partial charge is 0.324 e. The van der Waals surface area contributed by atoms with E-state index < -0.39 is 0 Å². The topological polar surface area (TPSA) is 54.3 Å². The Hall–Kier alpha value is -3.67.